The molecule has 0 aromatic carbocycles. The summed E-state index contributed by atoms with van der Waals surface area (Å²) in [6, 6.07) is 0.465. The van der Waals surface area contributed by atoms with Crippen molar-refractivity contribution in [3.05, 3.63) is 0 Å². The summed E-state index contributed by atoms with van der Waals surface area (Å²) >= 11 is 23.9. The molecule has 0 unspecified atom stereocenters. The predicted octanol–water partition coefficient (Wildman–Crippen LogP) is 3.01. The monoisotopic (exact) mass is 295 g/mol. The first kappa shape index (κ1) is 12.6. The van der Waals surface area contributed by atoms with E-state index in [0.29, 0.717) is 6.04 Å². The van der Waals surface area contributed by atoms with E-state index < -0.39 is 15.2 Å². The molecule has 0 atom stereocenters. The molecule has 0 bridgehead atoms. The smallest absolute Gasteiger partial charge is 0.300 e. The number of hydrogen-bond acceptors (Lipinski definition) is 1. The zero-order valence-electron chi connectivity index (χ0n) is 7.23. The van der Waals surface area contributed by atoms with Gasteiger partial charge in [0, 0.05) is 6.04 Å². The molecule has 13 heavy (non-hydrogen) atoms. The van der Waals surface area contributed by atoms with Gasteiger partial charge < -0.3 is 0 Å². The highest BCUT2D eigenvalue weighted by Gasteiger charge is 2.31. The van der Waals surface area contributed by atoms with E-state index in [1.54, 1.807) is 0 Å². The lowest BCUT2D eigenvalue weighted by Gasteiger charge is -2.35. The van der Waals surface area contributed by atoms with Crippen molar-refractivity contribution in [2.75, 3.05) is 0 Å². The first-order chi connectivity index (χ1) is 6.13. The van der Waals surface area contributed by atoms with Crippen LogP contribution in [0.1, 0.15) is 32.1 Å². The van der Waals surface area contributed by atoms with Crippen molar-refractivity contribution in [1.29, 1.82) is 0 Å². The van der Waals surface area contributed by atoms with E-state index in [-0.39, 0.29) is 0 Å². The minimum Gasteiger partial charge on any atom is -0.300 e. The van der Waals surface area contributed by atoms with Crippen molar-refractivity contribution >= 4 is 59.5 Å². The fourth-order valence-electron chi connectivity index (χ4n) is 1.78. The Labute approximate surface area is 101 Å². The van der Waals surface area contributed by atoms with Gasteiger partial charge in [0.2, 0.25) is 0 Å². The van der Waals surface area contributed by atoms with Crippen LogP contribution in [0.25, 0.3) is 0 Å². The topological polar surface area (TPSA) is 3.24 Å². The van der Waals surface area contributed by atoms with Gasteiger partial charge in [-0.1, -0.05) is 19.3 Å². The molecule has 1 saturated carbocycles. The third-order valence-corrected chi connectivity index (χ3v) is 11.0. The summed E-state index contributed by atoms with van der Waals surface area (Å²) < 4.78 is 2.03. The second-order valence-electron chi connectivity index (χ2n) is 3.29. The van der Waals surface area contributed by atoms with E-state index in [2.05, 4.69) is 0 Å². The molecule has 1 aliphatic carbocycles. The molecule has 0 radical (unpaired) electrons. The Hall–Kier alpha value is 1.55. The maximum absolute atomic E-state index is 5.97. The maximum Gasteiger partial charge on any atom is 0.304 e. The van der Waals surface area contributed by atoms with Crippen LogP contribution >= 0.6 is 44.3 Å². The molecule has 1 aliphatic rings. The fourth-order valence-corrected chi connectivity index (χ4v) is 11.7. The molecule has 0 spiro atoms. The second-order valence-corrected chi connectivity index (χ2v) is 12.5. The summed E-state index contributed by atoms with van der Waals surface area (Å²) in [5.41, 5.74) is 0. The Morgan fingerprint density at radius 2 is 1.31 bits per heavy atom. The SMILES string of the molecule is Cl[SiH](Cl)N(C1CCCCC1)[SiH](Cl)Cl. The summed E-state index contributed by atoms with van der Waals surface area (Å²) in [4.78, 5) is 0. The zero-order chi connectivity index (χ0) is 9.84. The van der Waals surface area contributed by atoms with Crippen molar-refractivity contribution in [3.63, 3.8) is 0 Å². The number of nitrogens with zero attached hydrogens (tertiary/aromatic N) is 1. The van der Waals surface area contributed by atoms with Crippen LogP contribution in [0.4, 0.5) is 0 Å². The molecule has 0 heterocycles. The van der Waals surface area contributed by atoms with Crippen molar-refractivity contribution in [2.45, 2.75) is 38.1 Å². The third-order valence-electron chi connectivity index (χ3n) is 2.45. The lowest BCUT2D eigenvalue weighted by atomic mass is 9.96. The van der Waals surface area contributed by atoms with Gasteiger partial charge >= 0.3 is 15.2 Å². The second kappa shape index (κ2) is 6.21. The van der Waals surface area contributed by atoms with Gasteiger partial charge in [0.15, 0.2) is 0 Å². The summed E-state index contributed by atoms with van der Waals surface area (Å²) in [6.07, 6.45) is 6.14. The van der Waals surface area contributed by atoms with Gasteiger partial charge in [-0.3, -0.25) is 4.23 Å². The number of halogens is 4. The molecule has 1 rings (SSSR count). The summed E-state index contributed by atoms with van der Waals surface area (Å²) in [5, 5.41) is 0. The van der Waals surface area contributed by atoms with Crippen LogP contribution in [0.3, 0.4) is 0 Å². The molecule has 0 aromatic heterocycles. The quantitative estimate of drug-likeness (QED) is 0.572. The van der Waals surface area contributed by atoms with E-state index in [0.717, 1.165) is 12.8 Å². The molecule has 0 amide bonds. The van der Waals surface area contributed by atoms with Gasteiger partial charge in [-0.2, -0.15) is 0 Å². The largest absolute Gasteiger partial charge is 0.304 e. The highest BCUT2D eigenvalue weighted by atomic mass is 35.7. The van der Waals surface area contributed by atoms with Gasteiger partial charge in [-0.25, -0.2) is 0 Å². The zero-order valence-corrected chi connectivity index (χ0v) is 12.6. The van der Waals surface area contributed by atoms with Gasteiger partial charge in [0.05, 0.1) is 0 Å². The molecule has 0 aromatic rings. The molecular weight excluding hydrogens is 284 g/mol. The first-order valence-corrected chi connectivity index (χ1v) is 12.5. The molecule has 78 valence electrons. The molecule has 0 saturated heterocycles. The Morgan fingerprint density at radius 3 is 1.69 bits per heavy atom. The summed E-state index contributed by atoms with van der Waals surface area (Å²) in [5.74, 6) is 0. The van der Waals surface area contributed by atoms with Crippen molar-refractivity contribution in [2.24, 2.45) is 0 Å². The predicted molar refractivity (Wildman–Crippen MR) is 66.4 cm³/mol. The van der Waals surface area contributed by atoms with E-state index in [9.17, 15) is 0 Å². The average Bonchev–Trinajstić information content (AvgIpc) is 2.04. The summed E-state index contributed by atoms with van der Waals surface area (Å²) in [7, 11) is -3.68. The van der Waals surface area contributed by atoms with Crippen LogP contribution in [-0.4, -0.2) is 25.4 Å². The Balaban J connectivity index is 2.52. The third kappa shape index (κ3) is 3.89. The van der Waals surface area contributed by atoms with Crippen LogP contribution in [0.2, 0.25) is 0 Å². The van der Waals surface area contributed by atoms with Crippen LogP contribution < -0.4 is 0 Å². The fraction of sp³-hybridized carbons (Fsp3) is 1.00. The minimum atomic E-state index is -1.84. The standard InChI is InChI=1S/C6H13Cl4NSi2/c7-12(8)11(13(9)10)6-4-2-1-3-5-6/h6,12-13H,1-5H2. The van der Waals surface area contributed by atoms with E-state index in [1.165, 1.54) is 19.3 Å². The van der Waals surface area contributed by atoms with E-state index in [1.807, 2.05) is 4.23 Å². The van der Waals surface area contributed by atoms with Crippen LogP contribution in [0.5, 0.6) is 0 Å². The first-order valence-electron chi connectivity index (χ1n) is 4.46. The molecular formula is C6H13Cl4NSi2. The molecule has 1 nitrogen and oxygen atoms in total. The highest BCUT2D eigenvalue weighted by Crippen LogP contribution is 2.27. The number of rotatable bonds is 3. The van der Waals surface area contributed by atoms with Crippen molar-refractivity contribution in [3.8, 4) is 0 Å². The molecule has 1 fully saturated rings. The van der Waals surface area contributed by atoms with Gasteiger partial charge in [0.25, 0.3) is 0 Å². The molecule has 0 N–H and O–H groups in total. The highest BCUT2D eigenvalue weighted by molar-refractivity contribution is 7.42. The molecule has 0 aliphatic heterocycles. The van der Waals surface area contributed by atoms with E-state index >= 15 is 0 Å². The Morgan fingerprint density at radius 1 is 0.846 bits per heavy atom. The average molecular weight is 297 g/mol. The summed E-state index contributed by atoms with van der Waals surface area (Å²) in [6.45, 7) is 0. The van der Waals surface area contributed by atoms with Crippen LogP contribution in [-0.2, 0) is 0 Å². The maximum atomic E-state index is 5.97. The van der Waals surface area contributed by atoms with Crippen molar-refractivity contribution < 1.29 is 0 Å². The minimum absolute atomic E-state index is 0.465. The van der Waals surface area contributed by atoms with Gasteiger partial charge in [-0.05, 0) is 12.8 Å². The lowest BCUT2D eigenvalue weighted by molar-refractivity contribution is 0.343. The Kier molecular flexibility index (Phi) is 6.02. The lowest BCUT2D eigenvalue weighted by Crippen LogP contribution is -2.47. The van der Waals surface area contributed by atoms with Crippen molar-refractivity contribution in [1.82, 2.24) is 4.23 Å². The normalized spacial score (nSPS) is 20.5. The van der Waals surface area contributed by atoms with Gasteiger partial charge in [0.1, 0.15) is 0 Å². The molecule has 7 heteroatoms. The van der Waals surface area contributed by atoms with E-state index in [4.69, 9.17) is 44.3 Å². The van der Waals surface area contributed by atoms with Gasteiger partial charge in [-0.15, -0.1) is 44.3 Å². The number of hydrogen-bond donors (Lipinski definition) is 0. The Bertz CT molecular complexity index is 144. The van der Waals surface area contributed by atoms with Crippen LogP contribution in [0, 0.1) is 0 Å². The van der Waals surface area contributed by atoms with Crippen LogP contribution in [0.15, 0.2) is 0 Å².